The van der Waals surface area contributed by atoms with Gasteiger partial charge in [0.2, 0.25) is 35.4 Å². The van der Waals surface area contributed by atoms with E-state index < -0.39 is 457 Å². The van der Waals surface area contributed by atoms with Crippen molar-refractivity contribution in [2.75, 3.05) is 66.1 Å². The van der Waals surface area contributed by atoms with E-state index in [0.717, 1.165) is 41.5 Å². The molecule has 0 spiro atoms. The van der Waals surface area contributed by atoms with Gasteiger partial charge in [0, 0.05) is 48.0 Å². The minimum atomic E-state index is -3.14. The largest absolute Gasteiger partial charge is 0.477 e. The second-order valence-corrected chi connectivity index (χ2v) is 36.7. The lowest BCUT2D eigenvalue weighted by Crippen LogP contribution is -2.71. The fourth-order valence-corrected chi connectivity index (χ4v) is 18.7. The van der Waals surface area contributed by atoms with Gasteiger partial charge in [-0.1, -0.05) is 0 Å². The van der Waals surface area contributed by atoms with Gasteiger partial charge in [-0.05, 0) is 6.92 Å². The third-order valence-electron chi connectivity index (χ3n) is 26.3. The summed E-state index contributed by atoms with van der Waals surface area (Å²) >= 11 is 0. The van der Waals surface area contributed by atoms with E-state index in [4.69, 9.17) is 99.5 Å². The topological polar surface area (TPSA) is 992 Å². The highest BCUT2D eigenvalue weighted by atomic mass is 16.8. The number of carbonyl (C=O) groups is 7. The SMILES string of the molecule is CC(=O)N[C@@H]1[C@@H](O)[C@H](O[C@@H]2O[C@H](CO)[C@@H](O[C@@H]3O[C@H](CO[C@H]4O[C@H](CO)[C@@H](O)[C@H](O)[C@@H]4O[C@@H]4O[C@H](CO)[C@@H](O[C@@H]5O[C@H](CO)[C@H](O)[C@H](O)[C@H]5O)[C@H](O)[C@H]4NC(C)=O)[C@@H](O)[C@H](O[C@H]4O[C@H](CO)[C@@H](O)[C@H](O)[C@@H]4O[C@@H]4O[C@H](CO)[C@@H](O[C@@H]5O[C@H](CO[C@]6(C(=O)O)C[C@H](O)[C@@H](NC(C)=O)[C@H]([C@H](O)[C@H](O)CO)O6)[C@H](O)[C@H](O)[C@H]5NC(C)=O)[C@H](O)[C@H]4NC(C)=O)[C@@H]3O)[C@H](O)[C@H]2NC(C)=O)[C@@H](CO[C@@H]2O[C@@H](C)[C@@H](O)[C@@H](O)[C@@H]2O)O[C@H]1O. The molecule has 11 saturated heterocycles. The van der Waals surface area contributed by atoms with Gasteiger partial charge in [-0.3, -0.25) is 28.8 Å². The van der Waals surface area contributed by atoms with Crippen molar-refractivity contribution in [2.24, 2.45) is 0 Å². The van der Waals surface area contributed by atoms with Crippen LogP contribution in [0.3, 0.4) is 0 Å². The van der Waals surface area contributed by atoms with E-state index >= 15 is 0 Å². The second kappa shape index (κ2) is 51.8. The van der Waals surface area contributed by atoms with E-state index in [1.165, 1.54) is 6.92 Å². The van der Waals surface area contributed by atoms with Gasteiger partial charge < -0.3 is 285 Å². The average Bonchev–Trinajstić information content (AvgIpc) is 0.755. The predicted octanol–water partition coefficient (Wildman–Crippen LogP) is -23.9. The molecule has 0 aromatic heterocycles. The Balaban J connectivity index is 0.920. The van der Waals surface area contributed by atoms with Crippen LogP contribution in [0.4, 0.5) is 0 Å². The van der Waals surface area contributed by atoms with Crippen molar-refractivity contribution in [3.8, 4) is 0 Å². The number of hydrogen-bond acceptors (Lipinski definition) is 57. The number of ether oxygens (including phenoxy) is 21. The van der Waals surface area contributed by atoms with Gasteiger partial charge >= 0.3 is 5.97 Å². The number of aliphatic carboxylic acids is 1. The van der Waals surface area contributed by atoms with E-state index in [0.29, 0.717) is 0 Å². The van der Waals surface area contributed by atoms with Gasteiger partial charge in [-0.25, -0.2) is 4.79 Å². The minimum Gasteiger partial charge on any atom is -0.477 e. The van der Waals surface area contributed by atoms with Crippen molar-refractivity contribution in [3.63, 3.8) is 0 Å². The van der Waals surface area contributed by atoms with Crippen LogP contribution in [0, 0.1) is 0 Å². The molecule has 145 heavy (non-hydrogen) atoms. The summed E-state index contributed by atoms with van der Waals surface area (Å²) in [5.41, 5.74) is 0. The number of amides is 6. The summed E-state index contributed by atoms with van der Waals surface area (Å²) in [5.74, 6) is -11.0. The van der Waals surface area contributed by atoms with E-state index in [1.807, 2.05) is 0 Å². The quantitative estimate of drug-likeness (QED) is 0.0272. The molecule has 64 nitrogen and oxygen atoms in total. The summed E-state index contributed by atoms with van der Waals surface area (Å²) < 4.78 is 126. The van der Waals surface area contributed by atoms with Gasteiger partial charge in [0.25, 0.3) is 5.79 Å². The Morgan fingerprint density at radius 3 is 1.06 bits per heavy atom. The van der Waals surface area contributed by atoms with Crippen LogP contribution in [0.25, 0.3) is 0 Å². The van der Waals surface area contributed by atoms with Crippen molar-refractivity contribution < 1.29 is 286 Å². The number of hydrogen-bond donors (Lipinski definition) is 36. The maximum absolute atomic E-state index is 13.4. The number of carbonyl (C=O) groups excluding carboxylic acids is 6. The number of nitrogens with one attached hydrogen (secondary N) is 6. The van der Waals surface area contributed by atoms with Crippen molar-refractivity contribution in [2.45, 2.75) is 398 Å². The van der Waals surface area contributed by atoms with E-state index in [2.05, 4.69) is 31.9 Å². The molecule has 0 radical (unpaired) electrons. The normalized spacial score (nSPS) is 47.2. The number of aliphatic hydroxyl groups is 29. The molecule has 36 N–H and O–H groups in total. The molecule has 0 aromatic rings. The Kier molecular flexibility index (Phi) is 42.7. The summed E-state index contributed by atoms with van der Waals surface area (Å²) in [7, 11) is 0. The van der Waals surface area contributed by atoms with Crippen LogP contribution in [0.1, 0.15) is 54.9 Å². The Morgan fingerprint density at radius 2 is 0.614 bits per heavy atom. The summed E-state index contributed by atoms with van der Waals surface area (Å²) in [6.45, 7) is -5.13. The molecule has 11 aliphatic heterocycles. The van der Waals surface area contributed by atoms with Crippen LogP contribution in [-0.2, 0) is 133 Å². The molecule has 56 atom stereocenters. The highest BCUT2D eigenvalue weighted by molar-refractivity contribution is 5.77. The summed E-state index contributed by atoms with van der Waals surface area (Å²) in [6, 6.07) is -11.7. The number of carboxylic acids is 1. The van der Waals surface area contributed by atoms with Crippen LogP contribution in [0.5, 0.6) is 0 Å². The van der Waals surface area contributed by atoms with Gasteiger partial charge in [-0.15, -0.1) is 0 Å². The highest BCUT2D eigenvalue weighted by Crippen LogP contribution is 2.43. The second-order valence-electron chi connectivity index (χ2n) is 36.7. The molecule has 11 aliphatic rings. The summed E-state index contributed by atoms with van der Waals surface area (Å²) in [4.78, 5) is 90.8. The lowest BCUT2D eigenvalue weighted by molar-refractivity contribution is -0.398. The molecule has 836 valence electrons. The first kappa shape index (κ1) is 120. The third-order valence-corrected chi connectivity index (χ3v) is 26.3. The molecule has 11 heterocycles. The Bertz CT molecular complexity index is 4140. The molecule has 11 fully saturated rings. The van der Waals surface area contributed by atoms with Gasteiger partial charge in [-0.2, -0.15) is 0 Å². The molecule has 0 aliphatic carbocycles. The lowest BCUT2D eigenvalue weighted by Gasteiger charge is -2.51. The Hall–Kier alpha value is -5.71. The molecule has 6 amide bonds. The fraction of sp³-hybridized carbons (Fsp3) is 0.914. The molecule has 0 saturated carbocycles. The van der Waals surface area contributed by atoms with Gasteiger partial charge in [0.1, 0.15) is 256 Å². The molecule has 0 unspecified atom stereocenters. The van der Waals surface area contributed by atoms with Crippen molar-refractivity contribution in [1.82, 2.24) is 31.9 Å². The van der Waals surface area contributed by atoms with Crippen molar-refractivity contribution in [1.29, 1.82) is 0 Å². The average molecular weight is 2120 g/mol. The molecule has 0 bridgehead atoms. The van der Waals surface area contributed by atoms with E-state index in [9.17, 15) is 187 Å². The number of carboxylic acid groups (broad SMARTS) is 1. The van der Waals surface area contributed by atoms with Crippen LogP contribution in [0.2, 0.25) is 0 Å². The molecule has 64 heteroatoms. The van der Waals surface area contributed by atoms with E-state index in [-0.39, 0.29) is 0 Å². The first-order valence-electron chi connectivity index (χ1n) is 46.1. The monoisotopic (exact) mass is 2120 g/mol. The predicted molar refractivity (Wildman–Crippen MR) is 448 cm³/mol. The molecule has 0 aromatic carbocycles. The standard InChI is InChI=1S/C81H134N6O58/c1-19-43(103)55(115)59(119)75(128-19)125-17-36-65(51(111)38(70(122)129-36)83-21(3)96)139-72-40(85-23(5)98)53(113)64(33(15-94)133-72)141-77-61(121)67(49(109)34(137-77)16-126-78-68(57(117)46(106)29(11-90)131-78)143-73-42(87-25(7)100)54(114)63(32(14-93)135-73)140-76-60(120)56(116)45(105)28(10-89)130-76)142-79-69(58(118)47(107)30(12-91)132-79)144-74-41(86-24(6)99)52(112)62(31(13-92)134-74)138-71-39(84-22(4)97)50(110)48(108)35(136-71)18-127-81(80(123)124)8-26(101)37(82-20(2)95)66(145-81)44(104)27(102)9-88/h19,26-79,88-94,101-122H,8-18H2,1-7H3,(H,82,95)(H,83,96)(H,84,97)(H,85,98)(H,86,99)(H,87,100)(H,123,124)/t19-,26-,27+,28+,29+,30+,31+,32+,33+,34+,35+,36+,37+,38+,39+,40+,41+,42+,43+,44+,45-,46+,47+,48-,49+,50+,51+,52+,53+,54+,55+,56-,57-,58-,59-,60+,61-,62+,63+,64+,65+,66+,67-,68-,69-,70+,71-,72-,73-,74-,75+,76-,77-,78-,79+,81+/m0/s1. The van der Waals surface area contributed by atoms with Crippen LogP contribution >= 0.6 is 0 Å². The maximum Gasteiger partial charge on any atom is 0.364 e. The maximum atomic E-state index is 13.4. The number of aliphatic hydroxyl groups excluding tert-OH is 29. The third kappa shape index (κ3) is 27.0. The zero-order chi connectivity index (χ0) is 107. The van der Waals surface area contributed by atoms with Crippen LogP contribution < -0.4 is 31.9 Å². The number of rotatable bonds is 39. The molecular formula is C81H134N6O58. The van der Waals surface area contributed by atoms with Crippen molar-refractivity contribution >= 4 is 41.4 Å². The smallest absolute Gasteiger partial charge is 0.364 e. The molecule has 11 rings (SSSR count). The zero-order valence-electron chi connectivity index (χ0n) is 78.4. The zero-order valence-corrected chi connectivity index (χ0v) is 78.4. The summed E-state index contributed by atoms with van der Waals surface area (Å²) in [6.07, 6.45) is -107. The fourth-order valence-electron chi connectivity index (χ4n) is 18.7. The Labute approximate surface area is 821 Å². The summed E-state index contributed by atoms with van der Waals surface area (Å²) in [5, 5.41) is 353. The van der Waals surface area contributed by atoms with Crippen molar-refractivity contribution in [3.05, 3.63) is 0 Å². The van der Waals surface area contributed by atoms with Gasteiger partial charge in [0.15, 0.2) is 62.9 Å². The van der Waals surface area contributed by atoms with Crippen LogP contribution in [-0.4, -0.2) is 604 Å². The highest BCUT2D eigenvalue weighted by Gasteiger charge is 2.64. The van der Waals surface area contributed by atoms with E-state index in [1.54, 1.807) is 0 Å². The first-order chi connectivity index (χ1) is 68.3. The Morgan fingerprint density at radius 1 is 0.297 bits per heavy atom. The molecular weight excluding hydrogens is 1980 g/mol. The van der Waals surface area contributed by atoms with Crippen LogP contribution in [0.15, 0.2) is 0 Å². The minimum absolute atomic E-state index is 0.851. The lowest BCUT2D eigenvalue weighted by atomic mass is 9.88. The van der Waals surface area contributed by atoms with Gasteiger partial charge in [0.05, 0.1) is 84.3 Å². The first-order valence-corrected chi connectivity index (χ1v) is 46.1.